The summed E-state index contributed by atoms with van der Waals surface area (Å²) >= 11 is 0. The van der Waals surface area contributed by atoms with Gasteiger partial charge in [0, 0.05) is 12.1 Å². The van der Waals surface area contributed by atoms with Gasteiger partial charge in [0.15, 0.2) is 0 Å². The van der Waals surface area contributed by atoms with E-state index in [0.717, 1.165) is 12.8 Å². The van der Waals surface area contributed by atoms with Crippen molar-refractivity contribution in [2.75, 3.05) is 12.3 Å². The van der Waals surface area contributed by atoms with Gasteiger partial charge in [-0.25, -0.2) is 8.42 Å². The molecule has 0 saturated carbocycles. The van der Waals surface area contributed by atoms with E-state index in [2.05, 4.69) is 0 Å². The Morgan fingerprint density at radius 3 is 2.33 bits per heavy atom. The highest BCUT2D eigenvalue weighted by Crippen LogP contribution is 2.30. The van der Waals surface area contributed by atoms with Crippen molar-refractivity contribution in [1.82, 2.24) is 4.31 Å². The Morgan fingerprint density at radius 2 is 2.00 bits per heavy atom. The molecule has 0 N–H and O–H groups in total. The maximum Gasteiger partial charge on any atom is 0.214 e. The Hall–Kier alpha value is -0.0900. The van der Waals surface area contributed by atoms with Crippen molar-refractivity contribution >= 4 is 10.0 Å². The first kappa shape index (κ1) is 9.99. The summed E-state index contributed by atoms with van der Waals surface area (Å²) in [5, 5.41) is 0. The maximum absolute atomic E-state index is 11.5. The van der Waals surface area contributed by atoms with E-state index in [-0.39, 0.29) is 11.3 Å². The highest BCUT2D eigenvalue weighted by molar-refractivity contribution is 7.89. The van der Waals surface area contributed by atoms with E-state index in [9.17, 15) is 8.42 Å². The van der Waals surface area contributed by atoms with Crippen LogP contribution in [0.15, 0.2) is 0 Å². The van der Waals surface area contributed by atoms with Crippen LogP contribution in [0.4, 0.5) is 0 Å². The lowest BCUT2D eigenvalue weighted by Gasteiger charge is -2.29. The smallest absolute Gasteiger partial charge is 0.212 e. The van der Waals surface area contributed by atoms with Crippen molar-refractivity contribution in [2.45, 2.75) is 39.2 Å². The third kappa shape index (κ3) is 1.64. The summed E-state index contributed by atoms with van der Waals surface area (Å²) in [7, 11) is -2.97. The molecule has 1 saturated heterocycles. The van der Waals surface area contributed by atoms with E-state index in [1.807, 2.05) is 13.8 Å². The SMILES string of the molecule is CCS(=O)(=O)N1CCCC1(C)C. The van der Waals surface area contributed by atoms with Gasteiger partial charge in [-0.15, -0.1) is 0 Å². The second-order valence-electron chi connectivity index (χ2n) is 3.89. The fraction of sp³-hybridized carbons (Fsp3) is 1.00. The molecule has 0 aromatic heterocycles. The molecule has 4 heteroatoms. The lowest BCUT2D eigenvalue weighted by atomic mass is 10.0. The van der Waals surface area contributed by atoms with E-state index in [4.69, 9.17) is 0 Å². The minimum Gasteiger partial charge on any atom is -0.212 e. The monoisotopic (exact) mass is 191 g/mol. The third-order valence-electron chi connectivity index (χ3n) is 2.53. The van der Waals surface area contributed by atoms with Crippen LogP contribution in [0.1, 0.15) is 33.6 Å². The van der Waals surface area contributed by atoms with Crippen molar-refractivity contribution in [3.05, 3.63) is 0 Å². The van der Waals surface area contributed by atoms with Gasteiger partial charge in [-0.1, -0.05) is 0 Å². The van der Waals surface area contributed by atoms with Gasteiger partial charge in [-0.3, -0.25) is 0 Å². The van der Waals surface area contributed by atoms with Gasteiger partial charge in [0.1, 0.15) is 0 Å². The highest BCUT2D eigenvalue weighted by atomic mass is 32.2. The van der Waals surface area contributed by atoms with E-state index in [1.165, 1.54) is 0 Å². The molecule has 1 heterocycles. The lowest BCUT2D eigenvalue weighted by Crippen LogP contribution is -2.43. The van der Waals surface area contributed by atoms with E-state index < -0.39 is 10.0 Å². The number of nitrogens with zero attached hydrogens (tertiary/aromatic N) is 1. The molecule has 0 aliphatic carbocycles. The van der Waals surface area contributed by atoms with Crippen LogP contribution < -0.4 is 0 Å². The Bertz CT molecular complexity index is 256. The summed E-state index contributed by atoms with van der Waals surface area (Å²) in [5.74, 6) is 0.219. The molecule has 0 radical (unpaired) electrons. The van der Waals surface area contributed by atoms with Crippen LogP contribution in [0, 0.1) is 0 Å². The zero-order valence-electron chi connectivity index (χ0n) is 8.00. The van der Waals surface area contributed by atoms with Gasteiger partial charge < -0.3 is 0 Å². The first-order valence-corrected chi connectivity index (χ1v) is 6.01. The van der Waals surface area contributed by atoms with Gasteiger partial charge >= 0.3 is 0 Å². The van der Waals surface area contributed by atoms with Crippen molar-refractivity contribution in [2.24, 2.45) is 0 Å². The van der Waals surface area contributed by atoms with Gasteiger partial charge in [0.05, 0.1) is 5.75 Å². The quantitative estimate of drug-likeness (QED) is 0.658. The average molecular weight is 191 g/mol. The molecule has 0 bridgehead atoms. The molecule has 3 nitrogen and oxygen atoms in total. The van der Waals surface area contributed by atoms with Crippen molar-refractivity contribution in [3.63, 3.8) is 0 Å². The molecule has 1 rings (SSSR count). The normalized spacial score (nSPS) is 24.6. The molecule has 0 unspecified atom stereocenters. The van der Waals surface area contributed by atoms with Crippen LogP contribution >= 0.6 is 0 Å². The minimum atomic E-state index is -2.97. The third-order valence-corrected chi connectivity index (χ3v) is 4.60. The molecule has 0 aromatic rings. The molecule has 1 fully saturated rings. The van der Waals surface area contributed by atoms with Crippen LogP contribution in [-0.4, -0.2) is 30.6 Å². The lowest BCUT2D eigenvalue weighted by molar-refractivity contribution is 0.292. The minimum absolute atomic E-state index is 0.158. The zero-order valence-corrected chi connectivity index (χ0v) is 8.82. The first-order valence-electron chi connectivity index (χ1n) is 4.41. The Kier molecular flexibility index (Phi) is 2.50. The average Bonchev–Trinajstić information content (AvgIpc) is 2.30. The molecule has 1 aliphatic heterocycles. The van der Waals surface area contributed by atoms with Crippen LogP contribution in [0.25, 0.3) is 0 Å². The molecule has 12 heavy (non-hydrogen) atoms. The van der Waals surface area contributed by atoms with E-state index in [0.29, 0.717) is 6.54 Å². The van der Waals surface area contributed by atoms with E-state index in [1.54, 1.807) is 11.2 Å². The largest absolute Gasteiger partial charge is 0.214 e. The molecular formula is C8H17NO2S. The van der Waals surface area contributed by atoms with Crippen LogP contribution in [-0.2, 0) is 10.0 Å². The summed E-state index contributed by atoms with van der Waals surface area (Å²) in [6, 6.07) is 0. The van der Waals surface area contributed by atoms with Crippen molar-refractivity contribution < 1.29 is 8.42 Å². The number of hydrogen-bond acceptors (Lipinski definition) is 2. The van der Waals surface area contributed by atoms with Crippen molar-refractivity contribution in [3.8, 4) is 0 Å². The predicted molar refractivity (Wildman–Crippen MR) is 49.5 cm³/mol. The topological polar surface area (TPSA) is 37.4 Å². The second kappa shape index (κ2) is 3.00. The van der Waals surface area contributed by atoms with Gasteiger partial charge in [-0.05, 0) is 33.6 Å². The molecular weight excluding hydrogens is 174 g/mol. The zero-order chi connectivity index (χ0) is 9.41. The number of sulfonamides is 1. The molecule has 0 spiro atoms. The molecule has 0 aromatic carbocycles. The highest BCUT2D eigenvalue weighted by Gasteiger charge is 2.38. The molecule has 0 atom stereocenters. The molecule has 0 amide bonds. The number of hydrogen-bond donors (Lipinski definition) is 0. The maximum atomic E-state index is 11.5. The predicted octanol–water partition coefficient (Wildman–Crippen LogP) is 1.21. The Balaban J connectivity index is 2.90. The van der Waals surface area contributed by atoms with Gasteiger partial charge in [-0.2, -0.15) is 4.31 Å². The summed E-state index contributed by atoms with van der Waals surface area (Å²) in [5.41, 5.74) is -0.158. The molecule has 72 valence electrons. The van der Waals surface area contributed by atoms with Gasteiger partial charge in [0.2, 0.25) is 10.0 Å². The summed E-state index contributed by atoms with van der Waals surface area (Å²) < 4.78 is 24.7. The van der Waals surface area contributed by atoms with Gasteiger partial charge in [0.25, 0.3) is 0 Å². The summed E-state index contributed by atoms with van der Waals surface area (Å²) in [4.78, 5) is 0. The first-order chi connectivity index (χ1) is 5.40. The fourth-order valence-electron chi connectivity index (χ4n) is 1.75. The van der Waals surface area contributed by atoms with E-state index >= 15 is 0 Å². The van der Waals surface area contributed by atoms with Crippen LogP contribution in [0.2, 0.25) is 0 Å². The number of rotatable bonds is 2. The summed E-state index contributed by atoms with van der Waals surface area (Å²) in [6.07, 6.45) is 1.97. The van der Waals surface area contributed by atoms with Crippen molar-refractivity contribution in [1.29, 1.82) is 0 Å². The Morgan fingerprint density at radius 1 is 1.42 bits per heavy atom. The Labute approximate surface area is 74.8 Å². The fourth-order valence-corrected chi connectivity index (χ4v) is 3.32. The second-order valence-corrected chi connectivity index (χ2v) is 6.07. The van der Waals surface area contributed by atoms with Crippen LogP contribution in [0.3, 0.4) is 0 Å². The summed E-state index contributed by atoms with van der Waals surface area (Å²) in [6.45, 7) is 6.38. The standard InChI is InChI=1S/C8H17NO2S/c1-4-12(10,11)9-7-5-6-8(9,2)3/h4-7H2,1-3H3. The van der Waals surface area contributed by atoms with Crippen LogP contribution in [0.5, 0.6) is 0 Å². The molecule has 1 aliphatic rings.